The third-order valence-electron chi connectivity index (χ3n) is 2.37. The standard InChI is InChI=1S/C11H12ClN3OS/c1-6-3-8(4-7(2)10(6)12)16-5-9-11(13)17-15-14-9/h3-4H,5,13H2,1-2H3. The molecule has 0 unspecified atom stereocenters. The smallest absolute Gasteiger partial charge is 0.136 e. The average Bonchev–Trinajstić information content (AvgIpc) is 2.69. The van der Waals surface area contributed by atoms with Crippen molar-refractivity contribution >= 4 is 28.1 Å². The molecule has 1 heterocycles. The second-order valence-electron chi connectivity index (χ2n) is 3.74. The first-order chi connectivity index (χ1) is 8.08. The molecule has 0 atom stereocenters. The summed E-state index contributed by atoms with van der Waals surface area (Å²) >= 11 is 7.24. The van der Waals surface area contributed by atoms with E-state index < -0.39 is 0 Å². The molecule has 0 spiro atoms. The maximum absolute atomic E-state index is 6.08. The lowest BCUT2D eigenvalue weighted by Gasteiger charge is -2.08. The van der Waals surface area contributed by atoms with Gasteiger partial charge in [-0.2, -0.15) is 0 Å². The molecule has 17 heavy (non-hydrogen) atoms. The predicted molar refractivity (Wildman–Crippen MR) is 69.6 cm³/mol. The number of ether oxygens (including phenoxy) is 1. The highest BCUT2D eigenvalue weighted by Crippen LogP contribution is 2.26. The van der Waals surface area contributed by atoms with Gasteiger partial charge in [-0.1, -0.05) is 16.1 Å². The van der Waals surface area contributed by atoms with E-state index >= 15 is 0 Å². The van der Waals surface area contributed by atoms with Crippen LogP contribution in [0.1, 0.15) is 16.8 Å². The molecule has 4 nitrogen and oxygen atoms in total. The number of hydrogen-bond donors (Lipinski definition) is 1. The Labute approximate surface area is 109 Å². The van der Waals surface area contributed by atoms with Crippen LogP contribution in [0.15, 0.2) is 12.1 Å². The molecular formula is C11H12ClN3OS. The molecule has 0 bridgehead atoms. The summed E-state index contributed by atoms with van der Waals surface area (Å²) in [7, 11) is 0. The molecule has 0 saturated carbocycles. The van der Waals surface area contributed by atoms with Crippen LogP contribution in [0.5, 0.6) is 5.75 Å². The Kier molecular flexibility index (Phi) is 3.49. The maximum atomic E-state index is 6.08. The molecule has 0 aliphatic rings. The van der Waals surface area contributed by atoms with Gasteiger partial charge in [0.05, 0.1) is 0 Å². The monoisotopic (exact) mass is 269 g/mol. The van der Waals surface area contributed by atoms with Crippen molar-refractivity contribution in [2.24, 2.45) is 0 Å². The van der Waals surface area contributed by atoms with Crippen LogP contribution < -0.4 is 10.5 Å². The molecule has 0 amide bonds. The summed E-state index contributed by atoms with van der Waals surface area (Å²) in [6.45, 7) is 4.21. The van der Waals surface area contributed by atoms with Gasteiger partial charge in [-0.05, 0) is 37.1 Å². The summed E-state index contributed by atoms with van der Waals surface area (Å²) in [5.41, 5.74) is 8.33. The molecule has 2 N–H and O–H groups in total. The third kappa shape index (κ3) is 2.68. The number of nitrogens with two attached hydrogens (primary N) is 1. The van der Waals surface area contributed by atoms with Crippen LogP contribution in [0.25, 0.3) is 0 Å². The zero-order chi connectivity index (χ0) is 12.4. The normalized spacial score (nSPS) is 10.5. The fourth-order valence-corrected chi connectivity index (χ4v) is 2.00. The van der Waals surface area contributed by atoms with Gasteiger partial charge in [-0.3, -0.25) is 0 Å². The Hall–Kier alpha value is -1.33. The quantitative estimate of drug-likeness (QED) is 0.931. The Morgan fingerprint density at radius 1 is 1.35 bits per heavy atom. The Morgan fingerprint density at radius 3 is 2.53 bits per heavy atom. The van der Waals surface area contributed by atoms with Crippen molar-refractivity contribution in [1.82, 2.24) is 9.59 Å². The van der Waals surface area contributed by atoms with Crippen LogP contribution >= 0.6 is 23.1 Å². The molecular weight excluding hydrogens is 258 g/mol. The zero-order valence-electron chi connectivity index (χ0n) is 9.53. The van der Waals surface area contributed by atoms with Gasteiger partial charge in [-0.15, -0.1) is 5.10 Å². The average molecular weight is 270 g/mol. The van der Waals surface area contributed by atoms with Gasteiger partial charge < -0.3 is 10.5 Å². The highest BCUT2D eigenvalue weighted by molar-refractivity contribution is 7.09. The third-order valence-corrected chi connectivity index (χ3v) is 3.56. The van der Waals surface area contributed by atoms with Gasteiger partial charge in [0.25, 0.3) is 0 Å². The van der Waals surface area contributed by atoms with Crippen LogP contribution in [0, 0.1) is 13.8 Å². The van der Waals surface area contributed by atoms with Gasteiger partial charge in [0.15, 0.2) is 0 Å². The lowest BCUT2D eigenvalue weighted by Crippen LogP contribution is -1.99. The van der Waals surface area contributed by atoms with Gasteiger partial charge in [0.1, 0.15) is 23.1 Å². The predicted octanol–water partition coefficient (Wildman–Crippen LogP) is 2.97. The molecule has 90 valence electrons. The minimum atomic E-state index is 0.322. The number of benzene rings is 1. The van der Waals surface area contributed by atoms with E-state index in [-0.39, 0.29) is 0 Å². The number of anilines is 1. The van der Waals surface area contributed by atoms with Gasteiger partial charge in [0.2, 0.25) is 0 Å². The van der Waals surface area contributed by atoms with Crippen molar-refractivity contribution in [3.63, 3.8) is 0 Å². The van der Waals surface area contributed by atoms with E-state index in [0.29, 0.717) is 17.3 Å². The van der Waals surface area contributed by atoms with E-state index in [0.717, 1.165) is 33.4 Å². The molecule has 6 heteroatoms. The summed E-state index contributed by atoms with van der Waals surface area (Å²) < 4.78 is 9.36. The highest BCUT2D eigenvalue weighted by atomic mass is 35.5. The second-order valence-corrected chi connectivity index (χ2v) is 4.91. The van der Waals surface area contributed by atoms with Crippen LogP contribution in [-0.2, 0) is 6.61 Å². The fraction of sp³-hybridized carbons (Fsp3) is 0.273. The van der Waals surface area contributed by atoms with E-state index in [1.807, 2.05) is 26.0 Å². The summed E-state index contributed by atoms with van der Waals surface area (Å²) in [5.74, 6) is 0.761. The van der Waals surface area contributed by atoms with Crippen molar-refractivity contribution < 1.29 is 4.74 Å². The minimum absolute atomic E-state index is 0.322. The van der Waals surface area contributed by atoms with Crippen molar-refractivity contribution in [1.29, 1.82) is 0 Å². The summed E-state index contributed by atoms with van der Waals surface area (Å²) in [6.07, 6.45) is 0. The van der Waals surface area contributed by atoms with Crippen molar-refractivity contribution in [2.75, 3.05) is 5.73 Å². The lowest BCUT2D eigenvalue weighted by molar-refractivity contribution is 0.301. The number of halogens is 1. The molecule has 1 aromatic carbocycles. The van der Waals surface area contributed by atoms with E-state index in [9.17, 15) is 0 Å². The molecule has 2 rings (SSSR count). The van der Waals surface area contributed by atoms with Gasteiger partial charge >= 0.3 is 0 Å². The molecule has 0 radical (unpaired) electrons. The highest BCUT2D eigenvalue weighted by Gasteiger charge is 2.07. The van der Waals surface area contributed by atoms with Crippen molar-refractivity contribution in [3.05, 3.63) is 34.0 Å². The molecule has 0 fully saturated rings. The molecule has 2 aromatic rings. The Bertz CT molecular complexity index is 518. The van der Waals surface area contributed by atoms with Crippen LogP contribution in [-0.4, -0.2) is 9.59 Å². The number of nitrogens with zero attached hydrogens (tertiary/aromatic N) is 2. The topological polar surface area (TPSA) is 61.0 Å². The number of aromatic nitrogens is 2. The number of aryl methyl sites for hydroxylation is 2. The summed E-state index contributed by atoms with van der Waals surface area (Å²) in [6, 6.07) is 3.79. The fourth-order valence-electron chi connectivity index (χ4n) is 1.46. The second kappa shape index (κ2) is 4.89. The number of hydrogen-bond acceptors (Lipinski definition) is 5. The first kappa shape index (κ1) is 12.1. The van der Waals surface area contributed by atoms with Crippen molar-refractivity contribution in [3.8, 4) is 5.75 Å². The first-order valence-corrected chi connectivity index (χ1v) is 6.19. The molecule has 1 aromatic heterocycles. The molecule has 0 saturated heterocycles. The lowest BCUT2D eigenvalue weighted by atomic mass is 10.1. The largest absolute Gasteiger partial charge is 0.487 e. The number of nitrogen functional groups attached to an aromatic ring is 1. The number of rotatable bonds is 3. The zero-order valence-corrected chi connectivity index (χ0v) is 11.1. The van der Waals surface area contributed by atoms with E-state index in [1.165, 1.54) is 0 Å². The SMILES string of the molecule is Cc1cc(OCc2nnsc2N)cc(C)c1Cl. The van der Waals surface area contributed by atoms with Gasteiger partial charge in [0, 0.05) is 16.6 Å². The minimum Gasteiger partial charge on any atom is -0.487 e. The van der Waals surface area contributed by atoms with Crippen molar-refractivity contribution in [2.45, 2.75) is 20.5 Å². The summed E-state index contributed by atoms with van der Waals surface area (Å²) in [4.78, 5) is 0. The Morgan fingerprint density at radius 2 is 2.00 bits per heavy atom. The van der Waals surface area contributed by atoms with Crippen LogP contribution in [0.3, 0.4) is 0 Å². The molecule has 0 aliphatic carbocycles. The van der Waals surface area contributed by atoms with E-state index in [4.69, 9.17) is 22.1 Å². The van der Waals surface area contributed by atoms with Crippen LogP contribution in [0.2, 0.25) is 5.02 Å². The maximum Gasteiger partial charge on any atom is 0.136 e. The van der Waals surface area contributed by atoms with Gasteiger partial charge in [-0.25, -0.2) is 0 Å². The molecule has 0 aliphatic heterocycles. The van der Waals surface area contributed by atoms with Crippen LogP contribution in [0.4, 0.5) is 5.00 Å². The first-order valence-electron chi connectivity index (χ1n) is 5.04. The Balaban J connectivity index is 2.12. The van der Waals surface area contributed by atoms with E-state index in [1.54, 1.807) is 0 Å². The summed E-state index contributed by atoms with van der Waals surface area (Å²) in [5, 5.41) is 5.25. The van der Waals surface area contributed by atoms with E-state index in [2.05, 4.69) is 9.59 Å².